The van der Waals surface area contributed by atoms with Crippen LogP contribution in [0.3, 0.4) is 0 Å². The number of aromatic nitrogens is 4. The lowest BCUT2D eigenvalue weighted by Crippen LogP contribution is -2.04. The van der Waals surface area contributed by atoms with Gasteiger partial charge in [0, 0.05) is 55.2 Å². The van der Waals surface area contributed by atoms with Crippen LogP contribution in [0.25, 0.3) is 73.2 Å². The summed E-state index contributed by atoms with van der Waals surface area (Å²) in [5.41, 5.74) is 11.0. The third-order valence-corrected chi connectivity index (χ3v) is 11.5. The van der Waals surface area contributed by atoms with Gasteiger partial charge in [0.15, 0.2) is 17.5 Å². The van der Waals surface area contributed by atoms with Crippen molar-refractivity contribution in [2.75, 3.05) is 0 Å². The summed E-state index contributed by atoms with van der Waals surface area (Å²) in [5, 5.41) is 3.68. The van der Waals surface area contributed by atoms with E-state index in [4.69, 9.17) is 21.5 Å². The van der Waals surface area contributed by atoms with Crippen molar-refractivity contribution in [3.05, 3.63) is 210 Å². The molecule has 0 fully saturated rings. The Kier molecular flexibility index (Phi) is 8.27. The third-order valence-electron chi connectivity index (χ3n) is 10.3. The molecule has 5 heteroatoms. The number of nitrogens with zero attached hydrogens (tertiary/aromatic N) is 4. The molecule has 2 aromatic heterocycles. The molecule has 0 N–H and O–H groups in total. The van der Waals surface area contributed by atoms with Crippen LogP contribution >= 0.6 is 11.8 Å². The molecule has 260 valence electrons. The van der Waals surface area contributed by atoms with Crippen LogP contribution in [0.2, 0.25) is 0 Å². The predicted molar refractivity (Wildman–Crippen MR) is 229 cm³/mol. The minimum atomic E-state index is 0.634. The van der Waals surface area contributed by atoms with Crippen molar-refractivity contribution in [3.63, 3.8) is 0 Å². The molecule has 0 atom stereocenters. The van der Waals surface area contributed by atoms with Crippen LogP contribution in [0.4, 0.5) is 0 Å². The van der Waals surface area contributed by atoms with Gasteiger partial charge >= 0.3 is 0 Å². The molecular formula is C50H34N4S. The largest absolute Gasteiger partial charge is 0.313 e. The number of thioether (sulfide) groups is 1. The summed E-state index contributed by atoms with van der Waals surface area (Å²) in [6.45, 7) is 4.70. The number of benzene rings is 7. The molecule has 7 aromatic carbocycles. The second kappa shape index (κ2) is 13.9. The molecule has 4 nitrogen and oxygen atoms in total. The van der Waals surface area contributed by atoms with Crippen LogP contribution in [-0.2, 0) is 6.42 Å². The highest BCUT2D eigenvalue weighted by Crippen LogP contribution is 2.46. The van der Waals surface area contributed by atoms with Gasteiger partial charge in [-0.05, 0) is 63.9 Å². The van der Waals surface area contributed by atoms with E-state index in [9.17, 15) is 0 Å². The highest BCUT2D eigenvalue weighted by molar-refractivity contribution is 8.03. The number of hydrogen-bond donors (Lipinski definition) is 0. The van der Waals surface area contributed by atoms with E-state index in [-0.39, 0.29) is 0 Å². The zero-order chi connectivity index (χ0) is 36.7. The summed E-state index contributed by atoms with van der Waals surface area (Å²) in [5.74, 6) is 1.93. The lowest BCUT2D eigenvalue weighted by molar-refractivity contribution is 0.971. The van der Waals surface area contributed by atoms with E-state index in [1.165, 1.54) is 37.9 Å². The van der Waals surface area contributed by atoms with Crippen LogP contribution in [0.5, 0.6) is 0 Å². The van der Waals surface area contributed by atoms with Crippen molar-refractivity contribution >= 4 is 45.1 Å². The first kappa shape index (κ1) is 32.8. The molecule has 0 spiro atoms. The fourth-order valence-electron chi connectivity index (χ4n) is 7.64. The van der Waals surface area contributed by atoms with E-state index in [0.29, 0.717) is 17.5 Å². The van der Waals surface area contributed by atoms with Gasteiger partial charge in [-0.15, -0.1) is 0 Å². The average molecular weight is 723 g/mol. The maximum absolute atomic E-state index is 4.99. The number of rotatable bonds is 5. The maximum Gasteiger partial charge on any atom is 0.164 e. The fourth-order valence-corrected chi connectivity index (χ4v) is 8.74. The lowest BCUT2D eigenvalue weighted by Gasteiger charge is -2.16. The summed E-state index contributed by atoms with van der Waals surface area (Å²) in [6.07, 6.45) is 3.11. The topological polar surface area (TPSA) is 43.6 Å². The van der Waals surface area contributed by atoms with E-state index >= 15 is 0 Å². The van der Waals surface area contributed by atoms with Gasteiger partial charge in [0.05, 0.1) is 5.52 Å². The molecule has 55 heavy (non-hydrogen) atoms. The van der Waals surface area contributed by atoms with E-state index in [0.717, 1.165) is 50.4 Å². The van der Waals surface area contributed by atoms with Gasteiger partial charge in [0.25, 0.3) is 0 Å². The molecule has 0 saturated carbocycles. The quantitative estimate of drug-likeness (QED) is 0.177. The smallest absolute Gasteiger partial charge is 0.164 e. The first-order valence-electron chi connectivity index (χ1n) is 18.4. The molecule has 0 bridgehead atoms. The molecule has 1 aliphatic heterocycles. The number of para-hydroxylation sites is 1. The lowest BCUT2D eigenvalue weighted by atomic mass is 9.98. The first-order chi connectivity index (χ1) is 27.2. The molecule has 10 rings (SSSR count). The Morgan fingerprint density at radius 2 is 1.02 bits per heavy atom. The summed E-state index contributed by atoms with van der Waals surface area (Å²) in [4.78, 5) is 17.2. The number of fused-ring (bicyclic) bond motifs is 6. The third kappa shape index (κ3) is 6.05. The SMILES string of the molecule is C=C1Sc2c(ccc3ccccc23)Cc2c(c3ccccc3n2-c2ccc(-c3nc(-c4ccccc4)nc(-c4ccccc4)n3)cc2)/C=C\1c1ccccc1. The van der Waals surface area contributed by atoms with Crippen LogP contribution < -0.4 is 0 Å². The Bertz CT molecular complexity index is 2850. The van der Waals surface area contributed by atoms with Crippen molar-refractivity contribution in [1.29, 1.82) is 0 Å². The van der Waals surface area contributed by atoms with Gasteiger partial charge in [-0.25, -0.2) is 15.0 Å². The molecule has 1 aliphatic rings. The molecule has 0 radical (unpaired) electrons. The van der Waals surface area contributed by atoms with Crippen LogP contribution in [0.15, 0.2) is 192 Å². The second-order valence-corrected chi connectivity index (χ2v) is 14.8. The predicted octanol–water partition coefficient (Wildman–Crippen LogP) is 12.7. The molecule has 0 saturated heterocycles. The van der Waals surface area contributed by atoms with E-state index in [1.807, 2.05) is 60.7 Å². The second-order valence-electron chi connectivity index (χ2n) is 13.7. The summed E-state index contributed by atoms with van der Waals surface area (Å²) >= 11 is 1.78. The van der Waals surface area contributed by atoms with Crippen LogP contribution in [0.1, 0.15) is 22.4 Å². The summed E-state index contributed by atoms with van der Waals surface area (Å²) < 4.78 is 2.43. The molecule has 0 amide bonds. The van der Waals surface area contributed by atoms with Gasteiger partial charge in [-0.2, -0.15) is 0 Å². The van der Waals surface area contributed by atoms with Crippen molar-refractivity contribution in [1.82, 2.24) is 19.5 Å². The standard InChI is InChI=1S/C50H34N4S/c1-33-43(34-15-5-2-6-16-34)32-44-42-23-13-14-24-45(42)54(46(44)31-39-26-25-35-17-11-12-22-41(35)47(39)55-33)40-29-27-38(28-30-40)50-52-48(36-18-7-3-8-19-36)51-49(53-50)37-20-9-4-10-21-37/h2-30,32H,1,31H2/b43-32+. The van der Waals surface area contributed by atoms with Gasteiger partial charge < -0.3 is 4.57 Å². The minimum absolute atomic E-state index is 0.634. The summed E-state index contributed by atoms with van der Waals surface area (Å²) in [7, 11) is 0. The Balaban J connectivity index is 1.16. The van der Waals surface area contributed by atoms with Crippen molar-refractivity contribution in [2.45, 2.75) is 11.3 Å². The average Bonchev–Trinajstić information content (AvgIpc) is 3.58. The Labute approximate surface area is 324 Å². The summed E-state index contributed by atoms with van der Waals surface area (Å²) in [6, 6.07) is 61.5. The van der Waals surface area contributed by atoms with E-state index in [2.05, 4.69) is 126 Å². The Hall–Kier alpha value is -6.82. The normalized spacial score (nSPS) is 13.7. The van der Waals surface area contributed by atoms with Gasteiger partial charge in [-0.1, -0.05) is 164 Å². The minimum Gasteiger partial charge on any atom is -0.313 e. The van der Waals surface area contributed by atoms with Crippen molar-refractivity contribution < 1.29 is 0 Å². The van der Waals surface area contributed by atoms with Crippen molar-refractivity contribution in [2.24, 2.45) is 0 Å². The first-order valence-corrected chi connectivity index (χ1v) is 19.2. The molecule has 0 unspecified atom stereocenters. The van der Waals surface area contributed by atoms with E-state index in [1.54, 1.807) is 11.8 Å². The van der Waals surface area contributed by atoms with Gasteiger partial charge in [0.2, 0.25) is 0 Å². The monoisotopic (exact) mass is 722 g/mol. The van der Waals surface area contributed by atoms with Gasteiger partial charge in [-0.3, -0.25) is 0 Å². The Morgan fingerprint density at radius 3 is 1.65 bits per heavy atom. The molecule has 0 aliphatic carbocycles. The van der Waals surface area contributed by atoms with Gasteiger partial charge in [0.1, 0.15) is 0 Å². The van der Waals surface area contributed by atoms with E-state index < -0.39 is 0 Å². The fraction of sp³-hybridized carbons (Fsp3) is 0.0200. The zero-order valence-electron chi connectivity index (χ0n) is 29.9. The maximum atomic E-state index is 4.99. The number of allylic oxidation sites excluding steroid dienone is 1. The Morgan fingerprint density at radius 1 is 0.491 bits per heavy atom. The van der Waals surface area contributed by atoms with Crippen LogP contribution in [0, 0.1) is 0 Å². The van der Waals surface area contributed by atoms with Crippen LogP contribution in [-0.4, -0.2) is 19.5 Å². The molecule has 3 heterocycles. The molecule has 9 aromatic rings. The highest BCUT2D eigenvalue weighted by Gasteiger charge is 2.24. The molecular weight excluding hydrogens is 689 g/mol. The van der Waals surface area contributed by atoms with Crippen molar-refractivity contribution in [3.8, 4) is 39.9 Å². The number of hydrogen-bond acceptors (Lipinski definition) is 4. The zero-order valence-corrected chi connectivity index (χ0v) is 30.7. The highest BCUT2D eigenvalue weighted by atomic mass is 32.2.